The van der Waals surface area contributed by atoms with E-state index in [0.29, 0.717) is 23.2 Å². The summed E-state index contributed by atoms with van der Waals surface area (Å²) in [5, 5.41) is 12.5. The summed E-state index contributed by atoms with van der Waals surface area (Å²) in [6, 6.07) is 7.74. The van der Waals surface area contributed by atoms with Crippen LogP contribution in [-0.4, -0.2) is 37.9 Å². The molecule has 0 radical (unpaired) electrons. The molecule has 2 aliphatic heterocycles. The maximum absolute atomic E-state index is 12.8. The van der Waals surface area contributed by atoms with Gasteiger partial charge in [0, 0.05) is 25.2 Å². The maximum atomic E-state index is 12.8. The lowest BCUT2D eigenvalue weighted by Gasteiger charge is -2.34. The molecule has 0 saturated carbocycles. The van der Waals surface area contributed by atoms with Crippen LogP contribution in [0.5, 0.6) is 0 Å². The molecule has 22 heavy (non-hydrogen) atoms. The number of fused-ring (bicyclic) bond motifs is 2. The number of piperidine rings is 1. The van der Waals surface area contributed by atoms with Crippen molar-refractivity contribution >= 4 is 10.0 Å². The van der Waals surface area contributed by atoms with Gasteiger partial charge in [0.05, 0.1) is 16.5 Å². The number of rotatable bonds is 3. The highest BCUT2D eigenvalue weighted by Crippen LogP contribution is 2.31. The molecule has 2 atom stereocenters. The van der Waals surface area contributed by atoms with Crippen LogP contribution in [0.1, 0.15) is 36.8 Å². The highest BCUT2D eigenvalue weighted by Gasteiger charge is 2.38. The summed E-state index contributed by atoms with van der Waals surface area (Å²) in [4.78, 5) is 0.275. The molecule has 6 heteroatoms. The van der Waals surface area contributed by atoms with Crippen LogP contribution in [0, 0.1) is 18.3 Å². The highest BCUT2D eigenvalue weighted by molar-refractivity contribution is 7.89. The Bertz CT molecular complexity index is 711. The van der Waals surface area contributed by atoms with Gasteiger partial charge >= 0.3 is 0 Å². The van der Waals surface area contributed by atoms with Crippen molar-refractivity contribution in [3.8, 4) is 6.07 Å². The van der Waals surface area contributed by atoms with E-state index >= 15 is 0 Å². The van der Waals surface area contributed by atoms with Crippen molar-refractivity contribution in [3.63, 3.8) is 0 Å². The smallest absolute Gasteiger partial charge is 0.243 e. The largest absolute Gasteiger partial charge is 0.311 e. The molecular formula is C16H21N3O2S. The average Bonchev–Trinajstić information content (AvgIpc) is 2.84. The van der Waals surface area contributed by atoms with Crippen LogP contribution in [0.2, 0.25) is 0 Å². The summed E-state index contributed by atoms with van der Waals surface area (Å²) in [7, 11) is -1.83. The van der Waals surface area contributed by atoms with E-state index in [-0.39, 0.29) is 10.9 Å². The fourth-order valence-corrected chi connectivity index (χ4v) is 5.07. The van der Waals surface area contributed by atoms with Gasteiger partial charge in [0.25, 0.3) is 0 Å². The lowest BCUT2D eigenvalue weighted by molar-refractivity contribution is 0.251. The molecule has 1 aromatic rings. The van der Waals surface area contributed by atoms with Crippen molar-refractivity contribution in [2.75, 3.05) is 7.05 Å². The first-order valence-corrected chi connectivity index (χ1v) is 9.10. The Balaban J connectivity index is 1.86. The topological polar surface area (TPSA) is 73.2 Å². The number of sulfonamides is 1. The van der Waals surface area contributed by atoms with Crippen molar-refractivity contribution in [2.45, 2.75) is 55.6 Å². The summed E-state index contributed by atoms with van der Waals surface area (Å²) >= 11 is 0. The predicted octanol–water partition coefficient (Wildman–Crippen LogP) is 1.77. The second-order valence-corrected chi connectivity index (χ2v) is 8.37. The van der Waals surface area contributed by atoms with E-state index < -0.39 is 10.0 Å². The van der Waals surface area contributed by atoms with E-state index in [4.69, 9.17) is 5.26 Å². The molecule has 1 N–H and O–H groups in total. The lowest BCUT2D eigenvalue weighted by atomic mass is 10.0. The first kappa shape index (κ1) is 15.5. The van der Waals surface area contributed by atoms with Gasteiger partial charge in [-0.3, -0.25) is 0 Å². The highest BCUT2D eigenvalue weighted by atomic mass is 32.2. The summed E-state index contributed by atoms with van der Waals surface area (Å²) < 4.78 is 27.2. The van der Waals surface area contributed by atoms with Crippen LogP contribution in [0.3, 0.4) is 0 Å². The Hall–Kier alpha value is -1.42. The van der Waals surface area contributed by atoms with Crippen molar-refractivity contribution in [2.24, 2.45) is 0 Å². The first-order valence-electron chi connectivity index (χ1n) is 7.66. The molecular weight excluding hydrogens is 298 g/mol. The minimum atomic E-state index is -3.51. The molecule has 2 bridgehead atoms. The third-order valence-corrected chi connectivity index (χ3v) is 6.86. The van der Waals surface area contributed by atoms with Gasteiger partial charge in [0.2, 0.25) is 10.0 Å². The second-order valence-electron chi connectivity index (χ2n) is 6.37. The van der Waals surface area contributed by atoms with Crippen molar-refractivity contribution in [3.05, 3.63) is 29.3 Å². The number of hydrogen-bond acceptors (Lipinski definition) is 4. The number of nitrogens with zero attached hydrogens (tertiary/aromatic N) is 2. The van der Waals surface area contributed by atoms with Crippen molar-refractivity contribution in [1.29, 1.82) is 5.26 Å². The lowest BCUT2D eigenvalue weighted by Crippen LogP contribution is -2.48. The van der Waals surface area contributed by atoms with Gasteiger partial charge in [-0.25, -0.2) is 8.42 Å². The summed E-state index contributed by atoms with van der Waals surface area (Å²) in [6.45, 7) is 1.77. The minimum Gasteiger partial charge on any atom is -0.311 e. The molecule has 1 aromatic carbocycles. The van der Waals surface area contributed by atoms with E-state index in [1.165, 1.54) is 10.4 Å². The maximum Gasteiger partial charge on any atom is 0.243 e. The molecule has 0 aromatic heterocycles. The van der Waals surface area contributed by atoms with Gasteiger partial charge < -0.3 is 5.32 Å². The van der Waals surface area contributed by atoms with Gasteiger partial charge in [-0.2, -0.15) is 9.57 Å². The van der Waals surface area contributed by atoms with Gasteiger partial charge in [-0.15, -0.1) is 0 Å². The molecule has 3 rings (SSSR count). The van der Waals surface area contributed by atoms with Gasteiger partial charge in [-0.1, -0.05) is 0 Å². The van der Waals surface area contributed by atoms with E-state index in [1.54, 1.807) is 26.1 Å². The summed E-state index contributed by atoms with van der Waals surface area (Å²) in [5.41, 5.74) is 1.21. The molecule has 0 amide bonds. The Labute approximate surface area is 132 Å². The summed E-state index contributed by atoms with van der Waals surface area (Å²) in [6.07, 6.45) is 4.04. The molecule has 2 aliphatic rings. The number of benzene rings is 1. The molecule has 118 valence electrons. The van der Waals surface area contributed by atoms with Crippen LogP contribution in [0.4, 0.5) is 0 Å². The van der Waals surface area contributed by atoms with Crippen LogP contribution in [-0.2, 0) is 10.0 Å². The zero-order valence-corrected chi connectivity index (χ0v) is 13.7. The van der Waals surface area contributed by atoms with Crippen LogP contribution in [0.25, 0.3) is 0 Å². The summed E-state index contributed by atoms with van der Waals surface area (Å²) in [5.74, 6) is 0. The fraction of sp³-hybridized carbons (Fsp3) is 0.562. The molecule has 2 heterocycles. The Morgan fingerprint density at radius 2 is 1.91 bits per heavy atom. The van der Waals surface area contributed by atoms with Crippen LogP contribution >= 0.6 is 0 Å². The van der Waals surface area contributed by atoms with Gasteiger partial charge in [0.15, 0.2) is 0 Å². The molecule has 5 nitrogen and oxygen atoms in total. The second kappa shape index (κ2) is 5.65. The SMILES string of the molecule is Cc1cc(S(=O)(=O)N(C)C2CC3CCC(C2)N3)ccc1C#N. The zero-order valence-electron chi connectivity index (χ0n) is 12.9. The monoisotopic (exact) mass is 319 g/mol. The standard InChI is InChI=1S/C16H21N3O2S/c1-11-7-16(6-3-12(11)10-17)22(20,21)19(2)15-8-13-4-5-14(9-15)18-13/h3,6-7,13-15,18H,4-5,8-9H2,1-2H3. The first-order chi connectivity index (χ1) is 10.4. The Morgan fingerprint density at radius 1 is 1.27 bits per heavy atom. The molecule has 0 aliphatic carbocycles. The Kier molecular flexibility index (Phi) is 3.98. The minimum absolute atomic E-state index is 0.0553. The van der Waals surface area contributed by atoms with E-state index in [9.17, 15) is 8.42 Å². The van der Waals surface area contributed by atoms with Crippen molar-refractivity contribution in [1.82, 2.24) is 9.62 Å². The predicted molar refractivity (Wildman–Crippen MR) is 83.8 cm³/mol. The van der Waals surface area contributed by atoms with Crippen LogP contribution < -0.4 is 5.32 Å². The van der Waals surface area contributed by atoms with E-state index in [1.807, 2.05) is 0 Å². The van der Waals surface area contributed by atoms with Gasteiger partial charge in [0.1, 0.15) is 0 Å². The quantitative estimate of drug-likeness (QED) is 0.921. The molecule has 2 saturated heterocycles. The fourth-order valence-electron chi connectivity index (χ4n) is 3.61. The zero-order chi connectivity index (χ0) is 15.9. The third-order valence-electron chi connectivity index (χ3n) is 4.96. The number of nitriles is 1. The van der Waals surface area contributed by atoms with Crippen molar-refractivity contribution < 1.29 is 8.42 Å². The average molecular weight is 319 g/mol. The Morgan fingerprint density at radius 3 is 2.45 bits per heavy atom. The van der Waals surface area contributed by atoms with E-state index in [2.05, 4.69) is 11.4 Å². The normalized spacial score (nSPS) is 27.8. The number of nitrogens with one attached hydrogen (secondary N) is 1. The van der Waals surface area contributed by atoms with Gasteiger partial charge in [-0.05, 0) is 56.4 Å². The number of aryl methyl sites for hydroxylation is 1. The number of hydrogen-bond donors (Lipinski definition) is 1. The van der Waals surface area contributed by atoms with E-state index in [0.717, 1.165) is 25.7 Å². The van der Waals surface area contributed by atoms with Crippen LogP contribution in [0.15, 0.2) is 23.1 Å². The molecule has 0 spiro atoms. The molecule has 2 fully saturated rings. The molecule has 2 unspecified atom stereocenters. The third kappa shape index (κ3) is 2.65.